The van der Waals surface area contributed by atoms with Crippen LogP contribution in [-0.4, -0.2) is 0 Å². The predicted octanol–water partition coefficient (Wildman–Crippen LogP) is 3.95. The molecule has 1 unspecified atom stereocenters. The molecule has 1 aromatic carbocycles. The second-order valence-corrected chi connectivity index (χ2v) is 5.54. The van der Waals surface area contributed by atoms with Gasteiger partial charge in [-0.15, -0.1) is 11.3 Å². The summed E-state index contributed by atoms with van der Waals surface area (Å²) in [6, 6.07) is 10.9. The summed E-state index contributed by atoms with van der Waals surface area (Å²) in [5.41, 5.74) is 6.17. The molecule has 80 valence electrons. The highest BCUT2D eigenvalue weighted by atomic mass is 32.1. The van der Waals surface area contributed by atoms with Gasteiger partial charge in [0, 0.05) is 15.6 Å². The van der Waals surface area contributed by atoms with E-state index < -0.39 is 0 Å². The minimum absolute atomic E-state index is 0.197. The van der Waals surface area contributed by atoms with Crippen LogP contribution in [-0.2, 0) is 0 Å². The highest BCUT2D eigenvalue weighted by molar-refractivity contribution is 7.19. The maximum absolute atomic E-state index is 6.17. The van der Waals surface area contributed by atoms with Crippen LogP contribution in [0.4, 0.5) is 0 Å². The van der Waals surface area contributed by atoms with Crippen LogP contribution in [0.25, 0.3) is 10.1 Å². The van der Waals surface area contributed by atoms with Crippen molar-refractivity contribution in [3.8, 4) is 0 Å². The zero-order valence-corrected chi connectivity index (χ0v) is 10.1. The summed E-state index contributed by atoms with van der Waals surface area (Å²) in [6.45, 7) is 4.43. The van der Waals surface area contributed by atoms with Gasteiger partial charge in [-0.05, 0) is 29.9 Å². The van der Waals surface area contributed by atoms with Gasteiger partial charge in [-0.2, -0.15) is 0 Å². The molecular weight excluding hydrogens is 202 g/mol. The Morgan fingerprint density at radius 1 is 1.27 bits per heavy atom. The lowest BCUT2D eigenvalue weighted by Crippen LogP contribution is -2.11. The Labute approximate surface area is 94.9 Å². The van der Waals surface area contributed by atoms with Crippen LogP contribution < -0.4 is 5.73 Å². The molecule has 15 heavy (non-hydrogen) atoms. The maximum atomic E-state index is 6.17. The van der Waals surface area contributed by atoms with Crippen molar-refractivity contribution in [3.63, 3.8) is 0 Å². The van der Waals surface area contributed by atoms with Crippen LogP contribution in [0.2, 0.25) is 0 Å². The molecule has 0 radical (unpaired) electrons. The van der Waals surface area contributed by atoms with Crippen LogP contribution in [0.5, 0.6) is 0 Å². The first-order valence-corrected chi connectivity index (χ1v) is 6.22. The van der Waals surface area contributed by atoms with Crippen molar-refractivity contribution in [1.82, 2.24) is 0 Å². The minimum atomic E-state index is 0.197. The van der Waals surface area contributed by atoms with Crippen LogP contribution in [0.3, 0.4) is 0 Å². The lowest BCUT2D eigenvalue weighted by molar-refractivity contribution is 0.515. The van der Waals surface area contributed by atoms with Crippen molar-refractivity contribution in [2.75, 3.05) is 0 Å². The predicted molar refractivity (Wildman–Crippen MR) is 68.2 cm³/mol. The Bertz CT molecular complexity index is 411. The first-order valence-electron chi connectivity index (χ1n) is 5.41. The number of benzene rings is 1. The fraction of sp³-hybridized carbons (Fsp3) is 0.385. The molecule has 2 heteroatoms. The van der Waals surface area contributed by atoms with Crippen LogP contribution in [0.1, 0.15) is 31.2 Å². The van der Waals surface area contributed by atoms with E-state index in [4.69, 9.17) is 5.73 Å². The van der Waals surface area contributed by atoms with E-state index in [-0.39, 0.29) is 6.04 Å². The number of nitrogens with two attached hydrogens (primary N) is 1. The van der Waals surface area contributed by atoms with Crippen LogP contribution >= 0.6 is 11.3 Å². The Kier molecular flexibility index (Phi) is 3.08. The van der Waals surface area contributed by atoms with Gasteiger partial charge in [0.05, 0.1) is 0 Å². The number of thiophene rings is 1. The highest BCUT2D eigenvalue weighted by Crippen LogP contribution is 2.31. The smallest absolute Gasteiger partial charge is 0.0392 e. The fourth-order valence-corrected chi connectivity index (χ4v) is 2.89. The second-order valence-electron chi connectivity index (χ2n) is 4.42. The van der Waals surface area contributed by atoms with Crippen molar-refractivity contribution in [2.24, 2.45) is 11.7 Å². The van der Waals surface area contributed by atoms with Crippen molar-refractivity contribution >= 4 is 21.4 Å². The molecule has 0 aliphatic carbocycles. The molecule has 1 nitrogen and oxygen atoms in total. The lowest BCUT2D eigenvalue weighted by Gasteiger charge is -2.11. The Morgan fingerprint density at radius 2 is 2.00 bits per heavy atom. The van der Waals surface area contributed by atoms with Crippen molar-refractivity contribution in [2.45, 2.75) is 26.3 Å². The maximum Gasteiger partial charge on any atom is 0.0392 e. The average molecular weight is 219 g/mol. The molecule has 0 amide bonds. The summed E-state index contributed by atoms with van der Waals surface area (Å²) in [6.07, 6.45) is 1.06. The summed E-state index contributed by atoms with van der Waals surface area (Å²) in [7, 11) is 0. The summed E-state index contributed by atoms with van der Waals surface area (Å²) < 4.78 is 1.34. The minimum Gasteiger partial charge on any atom is -0.323 e. The van der Waals surface area contributed by atoms with Crippen LogP contribution in [0.15, 0.2) is 30.3 Å². The summed E-state index contributed by atoms with van der Waals surface area (Å²) in [5, 5.41) is 1.32. The van der Waals surface area contributed by atoms with Gasteiger partial charge in [0.25, 0.3) is 0 Å². The highest BCUT2D eigenvalue weighted by Gasteiger charge is 2.11. The fourth-order valence-electron chi connectivity index (χ4n) is 1.81. The third-order valence-electron chi connectivity index (χ3n) is 2.54. The van der Waals surface area contributed by atoms with E-state index in [1.807, 2.05) is 11.3 Å². The van der Waals surface area contributed by atoms with Gasteiger partial charge in [0.1, 0.15) is 0 Å². The van der Waals surface area contributed by atoms with E-state index in [2.05, 4.69) is 44.2 Å². The molecule has 0 bridgehead atoms. The molecular formula is C13H17NS. The first-order chi connectivity index (χ1) is 7.16. The van der Waals surface area contributed by atoms with E-state index >= 15 is 0 Å². The third-order valence-corrected chi connectivity index (χ3v) is 3.78. The Balaban J connectivity index is 2.28. The quantitative estimate of drug-likeness (QED) is 0.831. The zero-order chi connectivity index (χ0) is 10.8. The molecule has 2 aromatic rings. The van der Waals surface area contributed by atoms with Crippen molar-refractivity contribution in [1.29, 1.82) is 0 Å². The zero-order valence-electron chi connectivity index (χ0n) is 9.23. The molecule has 0 aliphatic rings. The van der Waals surface area contributed by atoms with E-state index in [1.165, 1.54) is 15.0 Å². The third kappa shape index (κ3) is 2.39. The average Bonchev–Trinajstić information content (AvgIpc) is 2.59. The molecule has 0 saturated heterocycles. The second kappa shape index (κ2) is 4.33. The topological polar surface area (TPSA) is 26.0 Å². The summed E-state index contributed by atoms with van der Waals surface area (Å²) in [4.78, 5) is 1.31. The van der Waals surface area contributed by atoms with Gasteiger partial charge in [-0.1, -0.05) is 32.0 Å². The number of rotatable bonds is 3. The van der Waals surface area contributed by atoms with E-state index in [0.717, 1.165) is 6.42 Å². The Hall–Kier alpha value is -0.860. The standard InChI is InChI=1S/C13H17NS/c1-9(2)7-11(14)13-8-10-5-3-4-6-12(10)15-13/h3-6,8-9,11H,7,14H2,1-2H3. The van der Waals surface area contributed by atoms with Crippen molar-refractivity contribution < 1.29 is 0 Å². The molecule has 1 atom stereocenters. The summed E-state index contributed by atoms with van der Waals surface area (Å²) in [5.74, 6) is 0.658. The normalized spacial score (nSPS) is 13.6. The molecule has 2 N–H and O–H groups in total. The molecule has 0 aliphatic heterocycles. The largest absolute Gasteiger partial charge is 0.323 e. The lowest BCUT2D eigenvalue weighted by atomic mass is 10.0. The SMILES string of the molecule is CC(C)CC(N)c1cc2ccccc2s1. The monoisotopic (exact) mass is 219 g/mol. The van der Waals surface area contributed by atoms with E-state index in [9.17, 15) is 0 Å². The molecule has 1 heterocycles. The van der Waals surface area contributed by atoms with E-state index in [0.29, 0.717) is 5.92 Å². The van der Waals surface area contributed by atoms with Gasteiger partial charge >= 0.3 is 0 Å². The van der Waals surface area contributed by atoms with Gasteiger partial charge < -0.3 is 5.73 Å². The number of hydrogen-bond donors (Lipinski definition) is 1. The molecule has 0 fully saturated rings. The van der Waals surface area contributed by atoms with Gasteiger partial charge in [0.15, 0.2) is 0 Å². The van der Waals surface area contributed by atoms with Gasteiger partial charge in [-0.3, -0.25) is 0 Å². The van der Waals surface area contributed by atoms with Gasteiger partial charge in [-0.25, -0.2) is 0 Å². The summed E-state index contributed by atoms with van der Waals surface area (Å²) >= 11 is 1.82. The number of fused-ring (bicyclic) bond motifs is 1. The van der Waals surface area contributed by atoms with E-state index in [1.54, 1.807) is 0 Å². The molecule has 1 aromatic heterocycles. The molecule has 2 rings (SSSR count). The Morgan fingerprint density at radius 3 is 2.67 bits per heavy atom. The molecule has 0 saturated carbocycles. The first kappa shape index (κ1) is 10.7. The van der Waals surface area contributed by atoms with Crippen molar-refractivity contribution in [3.05, 3.63) is 35.2 Å². The number of hydrogen-bond acceptors (Lipinski definition) is 2. The molecule has 0 spiro atoms. The van der Waals surface area contributed by atoms with Gasteiger partial charge in [0.2, 0.25) is 0 Å². The van der Waals surface area contributed by atoms with Crippen LogP contribution in [0, 0.1) is 5.92 Å².